The molecule has 2 aromatic carbocycles. The maximum absolute atomic E-state index is 13.8. The number of halogens is 4. The van der Waals surface area contributed by atoms with E-state index in [1.807, 2.05) is 0 Å². The van der Waals surface area contributed by atoms with Crippen LogP contribution >= 0.6 is 23.2 Å². The standard InChI is InChI=1S/C31H32Cl2F2N2O6/c1-31(2,3)43-30(39)37-27(19-7-5-4-6-8-19)28(38)41-25(14-21-22(32)15-36-16-23(21)33)20-11-12-24(42-29(34)35)26(13-20)40-17-18-9-10-18/h4-8,11-13,15-16,18,25,27,29H,9-10,14,17H2,1-3H3,(H,37,39). The SMILES string of the molecule is CC(C)(C)OC(=O)NC(C(=O)OC(Cc1c(Cl)cncc1Cl)c1ccc(OC(F)F)c(OCC2CC2)c1)c1ccccc1. The molecule has 1 aliphatic carbocycles. The zero-order valence-electron chi connectivity index (χ0n) is 23.8. The van der Waals surface area contributed by atoms with Crippen LogP contribution in [0.1, 0.15) is 62.4 Å². The molecule has 0 spiro atoms. The van der Waals surface area contributed by atoms with Gasteiger partial charge in [-0.15, -0.1) is 0 Å². The quantitative estimate of drug-likeness (QED) is 0.202. The van der Waals surface area contributed by atoms with E-state index in [9.17, 15) is 18.4 Å². The number of pyridine rings is 1. The Hall–Kier alpha value is -3.63. The van der Waals surface area contributed by atoms with Crippen LogP contribution in [0.4, 0.5) is 13.6 Å². The highest BCUT2D eigenvalue weighted by atomic mass is 35.5. The molecular formula is C31H32Cl2F2N2O6. The molecule has 3 aromatic rings. The van der Waals surface area contributed by atoms with E-state index in [1.165, 1.54) is 30.6 Å². The molecule has 0 saturated heterocycles. The van der Waals surface area contributed by atoms with E-state index in [-0.39, 0.29) is 28.0 Å². The third kappa shape index (κ3) is 9.69. The average Bonchev–Trinajstić information content (AvgIpc) is 3.76. The minimum absolute atomic E-state index is 0.00299. The van der Waals surface area contributed by atoms with Crippen LogP contribution in [0.25, 0.3) is 0 Å². The van der Waals surface area contributed by atoms with Gasteiger partial charge >= 0.3 is 18.7 Å². The summed E-state index contributed by atoms with van der Waals surface area (Å²) >= 11 is 12.8. The highest BCUT2D eigenvalue weighted by Crippen LogP contribution is 2.38. The monoisotopic (exact) mass is 636 g/mol. The van der Waals surface area contributed by atoms with Crippen LogP contribution < -0.4 is 14.8 Å². The predicted octanol–water partition coefficient (Wildman–Crippen LogP) is 7.87. The molecule has 0 aliphatic heterocycles. The zero-order valence-corrected chi connectivity index (χ0v) is 25.3. The number of nitrogens with one attached hydrogen (secondary N) is 1. The summed E-state index contributed by atoms with van der Waals surface area (Å²) in [5, 5.41) is 3.07. The van der Waals surface area contributed by atoms with E-state index in [0.717, 1.165) is 12.8 Å². The number of hydrogen-bond acceptors (Lipinski definition) is 7. The first-order valence-corrected chi connectivity index (χ1v) is 14.4. The number of ether oxygens (including phenoxy) is 4. The Bertz CT molecular complexity index is 1400. The van der Waals surface area contributed by atoms with Crippen LogP contribution in [0.2, 0.25) is 10.0 Å². The van der Waals surface area contributed by atoms with Crippen molar-refractivity contribution in [3.63, 3.8) is 0 Å². The van der Waals surface area contributed by atoms with Gasteiger partial charge in [0.15, 0.2) is 17.5 Å². The second-order valence-electron chi connectivity index (χ2n) is 11.0. The van der Waals surface area contributed by atoms with Gasteiger partial charge < -0.3 is 24.3 Å². The summed E-state index contributed by atoms with van der Waals surface area (Å²) in [6, 6.07) is 11.6. The predicted molar refractivity (Wildman–Crippen MR) is 157 cm³/mol. The fourth-order valence-corrected chi connectivity index (χ4v) is 4.65. The summed E-state index contributed by atoms with van der Waals surface area (Å²) < 4.78 is 48.2. The summed E-state index contributed by atoms with van der Waals surface area (Å²) in [6.45, 7) is 2.36. The first kappa shape index (κ1) is 32.3. The molecule has 1 aliphatic rings. The van der Waals surface area contributed by atoms with Crippen molar-refractivity contribution in [2.75, 3.05) is 6.61 Å². The molecule has 0 bridgehead atoms. The maximum Gasteiger partial charge on any atom is 0.408 e. The van der Waals surface area contributed by atoms with Crippen LogP contribution in [0.3, 0.4) is 0 Å². The zero-order chi connectivity index (χ0) is 31.1. The highest BCUT2D eigenvalue weighted by molar-refractivity contribution is 6.35. The lowest BCUT2D eigenvalue weighted by molar-refractivity contribution is -0.152. The molecule has 1 aromatic heterocycles. The highest BCUT2D eigenvalue weighted by Gasteiger charge is 2.31. The molecule has 1 N–H and O–H groups in total. The number of carbonyl (C=O) groups excluding carboxylic acids is 2. The summed E-state index contributed by atoms with van der Waals surface area (Å²) in [5.74, 6) is -0.559. The van der Waals surface area contributed by atoms with Gasteiger partial charge in [-0.2, -0.15) is 8.78 Å². The third-order valence-electron chi connectivity index (χ3n) is 6.36. The summed E-state index contributed by atoms with van der Waals surface area (Å²) in [7, 11) is 0. The van der Waals surface area contributed by atoms with Crippen LogP contribution in [-0.2, 0) is 20.7 Å². The number of benzene rings is 2. The van der Waals surface area contributed by atoms with Crippen molar-refractivity contribution in [3.8, 4) is 11.5 Å². The van der Waals surface area contributed by atoms with Crippen LogP contribution in [0, 0.1) is 5.92 Å². The maximum atomic E-state index is 13.8. The van der Waals surface area contributed by atoms with Gasteiger partial charge in [0.1, 0.15) is 11.7 Å². The number of amides is 1. The normalized spacial score (nSPS) is 14.5. The molecule has 1 heterocycles. The van der Waals surface area contributed by atoms with E-state index < -0.39 is 36.4 Å². The minimum atomic E-state index is -3.07. The minimum Gasteiger partial charge on any atom is -0.489 e. The molecule has 1 fully saturated rings. The van der Waals surface area contributed by atoms with Gasteiger partial charge in [0.25, 0.3) is 0 Å². The van der Waals surface area contributed by atoms with Crippen LogP contribution in [0.5, 0.6) is 11.5 Å². The van der Waals surface area contributed by atoms with E-state index >= 15 is 0 Å². The Balaban J connectivity index is 1.69. The number of rotatable bonds is 12. The Morgan fingerprint density at radius 3 is 2.28 bits per heavy atom. The number of aromatic nitrogens is 1. The van der Waals surface area contributed by atoms with Gasteiger partial charge in [-0.1, -0.05) is 59.6 Å². The van der Waals surface area contributed by atoms with Crippen molar-refractivity contribution in [2.24, 2.45) is 5.92 Å². The topological polar surface area (TPSA) is 96.0 Å². The van der Waals surface area contributed by atoms with Crippen LogP contribution in [0.15, 0.2) is 60.9 Å². The van der Waals surface area contributed by atoms with Crippen molar-refractivity contribution in [1.29, 1.82) is 0 Å². The van der Waals surface area contributed by atoms with Crippen molar-refractivity contribution >= 4 is 35.3 Å². The van der Waals surface area contributed by atoms with Crippen molar-refractivity contribution in [2.45, 2.75) is 64.4 Å². The molecular weight excluding hydrogens is 605 g/mol. The smallest absolute Gasteiger partial charge is 0.408 e. The van der Waals surface area contributed by atoms with Crippen molar-refractivity contribution in [3.05, 3.63) is 87.7 Å². The number of hydrogen-bond donors (Lipinski definition) is 1. The molecule has 12 heteroatoms. The molecule has 230 valence electrons. The number of esters is 1. The molecule has 43 heavy (non-hydrogen) atoms. The van der Waals surface area contributed by atoms with Gasteiger partial charge in [0.2, 0.25) is 0 Å². The van der Waals surface area contributed by atoms with E-state index in [0.29, 0.717) is 29.2 Å². The van der Waals surface area contributed by atoms with Gasteiger partial charge in [-0.25, -0.2) is 9.59 Å². The lowest BCUT2D eigenvalue weighted by Gasteiger charge is -2.26. The largest absolute Gasteiger partial charge is 0.489 e. The first-order chi connectivity index (χ1) is 20.4. The van der Waals surface area contributed by atoms with Crippen LogP contribution in [-0.4, -0.2) is 35.9 Å². The van der Waals surface area contributed by atoms with E-state index in [1.54, 1.807) is 51.1 Å². The molecule has 1 amide bonds. The number of alkyl carbamates (subject to hydrolysis) is 1. The van der Waals surface area contributed by atoms with E-state index in [2.05, 4.69) is 15.0 Å². The van der Waals surface area contributed by atoms with Gasteiger partial charge in [-0.3, -0.25) is 4.98 Å². The van der Waals surface area contributed by atoms with Gasteiger partial charge in [-0.05, 0) is 68.4 Å². The van der Waals surface area contributed by atoms with E-state index in [4.69, 9.17) is 37.4 Å². The molecule has 0 radical (unpaired) electrons. The van der Waals surface area contributed by atoms with Gasteiger partial charge in [0, 0.05) is 18.8 Å². The fourth-order valence-electron chi connectivity index (χ4n) is 4.13. The molecule has 4 rings (SSSR count). The Morgan fingerprint density at radius 1 is 1.00 bits per heavy atom. The molecule has 2 atom stereocenters. The Labute approximate surface area is 258 Å². The second-order valence-corrected chi connectivity index (χ2v) is 11.9. The Kier molecular flexibility index (Phi) is 10.7. The molecule has 1 saturated carbocycles. The fraction of sp³-hybridized carbons (Fsp3) is 0.387. The summed E-state index contributed by atoms with van der Waals surface area (Å²) in [5.41, 5.74) is 0.478. The first-order valence-electron chi connectivity index (χ1n) is 13.6. The third-order valence-corrected chi connectivity index (χ3v) is 7.01. The number of carbonyl (C=O) groups is 2. The second kappa shape index (κ2) is 14.2. The van der Waals surface area contributed by atoms with Crippen molar-refractivity contribution in [1.82, 2.24) is 10.3 Å². The average molecular weight is 638 g/mol. The number of nitrogens with zero attached hydrogens (tertiary/aromatic N) is 1. The number of alkyl halides is 2. The Morgan fingerprint density at radius 2 is 1.67 bits per heavy atom. The summed E-state index contributed by atoms with van der Waals surface area (Å²) in [4.78, 5) is 30.5. The van der Waals surface area contributed by atoms with Crippen molar-refractivity contribution < 1.29 is 37.3 Å². The summed E-state index contributed by atoms with van der Waals surface area (Å²) in [6.07, 6.45) is 2.91. The molecule has 2 unspecified atom stereocenters. The van der Waals surface area contributed by atoms with Gasteiger partial charge in [0.05, 0.1) is 16.7 Å². The lowest BCUT2D eigenvalue weighted by Crippen LogP contribution is -2.39. The lowest BCUT2D eigenvalue weighted by atomic mass is 10.0. The molecule has 8 nitrogen and oxygen atoms in total.